The number of aliphatic hydroxyl groups excluding tert-OH is 1. The van der Waals surface area contributed by atoms with Gasteiger partial charge in [-0.25, -0.2) is 4.39 Å². The van der Waals surface area contributed by atoms with Crippen molar-refractivity contribution < 1.29 is 9.50 Å². The van der Waals surface area contributed by atoms with Crippen molar-refractivity contribution >= 4 is 17.3 Å². The monoisotopic (exact) mass is 279 g/mol. The van der Waals surface area contributed by atoms with Crippen LogP contribution in [0, 0.1) is 12.7 Å². The number of nitrogens with one attached hydrogen (secondary N) is 1. The largest absolute Gasteiger partial charge is 0.394 e. The van der Waals surface area contributed by atoms with E-state index in [2.05, 4.69) is 5.32 Å². The van der Waals surface area contributed by atoms with Crippen LogP contribution in [0.1, 0.15) is 17.2 Å². The first-order valence-electron chi connectivity index (χ1n) is 5.99. The Morgan fingerprint density at radius 2 is 2.05 bits per heavy atom. The number of aliphatic hydroxyl groups is 1. The van der Waals surface area contributed by atoms with Gasteiger partial charge in [-0.05, 0) is 42.3 Å². The number of hydrogen-bond acceptors (Lipinski definition) is 2. The molecule has 0 aliphatic rings. The van der Waals surface area contributed by atoms with Crippen LogP contribution in [0.15, 0.2) is 42.5 Å². The first kappa shape index (κ1) is 13.8. The Labute approximate surface area is 116 Å². The summed E-state index contributed by atoms with van der Waals surface area (Å²) in [7, 11) is 0. The van der Waals surface area contributed by atoms with E-state index in [9.17, 15) is 9.50 Å². The Kier molecular flexibility index (Phi) is 4.40. The lowest BCUT2D eigenvalue weighted by Gasteiger charge is -2.18. The second-order valence-electron chi connectivity index (χ2n) is 4.40. The Morgan fingerprint density at radius 3 is 2.68 bits per heavy atom. The molecule has 2 aromatic carbocycles. The molecular weight excluding hydrogens is 265 g/mol. The van der Waals surface area contributed by atoms with E-state index < -0.39 is 0 Å². The molecule has 0 amide bonds. The Morgan fingerprint density at radius 1 is 1.26 bits per heavy atom. The lowest BCUT2D eigenvalue weighted by Crippen LogP contribution is -2.15. The van der Waals surface area contributed by atoms with Crippen LogP contribution in [0.5, 0.6) is 0 Å². The SMILES string of the molecule is Cc1ccc(C(CO)Nc2cccc(F)c2)cc1Cl. The highest BCUT2D eigenvalue weighted by Gasteiger charge is 2.11. The predicted octanol–water partition coefficient (Wildman–Crippen LogP) is 3.93. The van der Waals surface area contributed by atoms with Crippen molar-refractivity contribution in [2.45, 2.75) is 13.0 Å². The summed E-state index contributed by atoms with van der Waals surface area (Å²) in [6, 6.07) is 11.4. The van der Waals surface area contributed by atoms with E-state index in [0.717, 1.165) is 11.1 Å². The molecule has 0 radical (unpaired) electrons. The number of hydrogen-bond donors (Lipinski definition) is 2. The molecule has 1 atom stereocenters. The molecule has 0 aliphatic heterocycles. The number of benzene rings is 2. The molecule has 0 spiro atoms. The Bertz CT molecular complexity index is 574. The van der Waals surface area contributed by atoms with E-state index in [0.29, 0.717) is 10.7 Å². The van der Waals surface area contributed by atoms with Crippen LogP contribution in [0.3, 0.4) is 0 Å². The molecule has 1 unspecified atom stereocenters. The number of rotatable bonds is 4. The Balaban J connectivity index is 2.22. The molecule has 2 rings (SSSR count). The number of halogens is 2. The molecule has 0 saturated heterocycles. The van der Waals surface area contributed by atoms with Gasteiger partial charge in [-0.15, -0.1) is 0 Å². The molecule has 0 aliphatic carbocycles. The van der Waals surface area contributed by atoms with E-state index in [4.69, 9.17) is 11.6 Å². The van der Waals surface area contributed by atoms with E-state index in [1.807, 2.05) is 25.1 Å². The molecule has 19 heavy (non-hydrogen) atoms. The van der Waals surface area contributed by atoms with Gasteiger partial charge in [0.1, 0.15) is 5.82 Å². The minimum absolute atomic E-state index is 0.101. The van der Waals surface area contributed by atoms with Crippen LogP contribution in [0.2, 0.25) is 5.02 Å². The molecule has 0 bridgehead atoms. The first-order valence-corrected chi connectivity index (χ1v) is 6.37. The maximum absolute atomic E-state index is 13.1. The zero-order valence-electron chi connectivity index (χ0n) is 10.5. The fourth-order valence-electron chi connectivity index (χ4n) is 1.84. The van der Waals surface area contributed by atoms with Gasteiger partial charge in [0, 0.05) is 10.7 Å². The maximum Gasteiger partial charge on any atom is 0.125 e. The van der Waals surface area contributed by atoms with Crippen LogP contribution < -0.4 is 5.32 Å². The smallest absolute Gasteiger partial charge is 0.125 e. The highest BCUT2D eigenvalue weighted by atomic mass is 35.5. The van der Waals surface area contributed by atoms with Crippen LogP contribution in [-0.4, -0.2) is 11.7 Å². The van der Waals surface area contributed by atoms with Crippen LogP contribution >= 0.6 is 11.6 Å². The quantitative estimate of drug-likeness (QED) is 0.889. The first-order chi connectivity index (χ1) is 9.10. The second kappa shape index (κ2) is 6.04. The van der Waals surface area contributed by atoms with Crippen molar-refractivity contribution in [2.75, 3.05) is 11.9 Å². The average Bonchev–Trinajstić information content (AvgIpc) is 2.39. The highest BCUT2D eigenvalue weighted by Crippen LogP contribution is 2.24. The Hall–Kier alpha value is -1.58. The topological polar surface area (TPSA) is 32.3 Å². The zero-order chi connectivity index (χ0) is 13.8. The van der Waals surface area contributed by atoms with Gasteiger partial charge >= 0.3 is 0 Å². The summed E-state index contributed by atoms with van der Waals surface area (Å²) < 4.78 is 13.1. The summed E-state index contributed by atoms with van der Waals surface area (Å²) in [4.78, 5) is 0. The zero-order valence-corrected chi connectivity index (χ0v) is 11.3. The van der Waals surface area contributed by atoms with E-state index >= 15 is 0 Å². The number of aryl methyl sites for hydroxylation is 1. The molecule has 0 heterocycles. The minimum atomic E-state index is -0.320. The lowest BCUT2D eigenvalue weighted by atomic mass is 10.1. The van der Waals surface area contributed by atoms with Gasteiger partial charge in [-0.3, -0.25) is 0 Å². The summed E-state index contributed by atoms with van der Waals surface area (Å²) in [5.41, 5.74) is 2.46. The van der Waals surface area contributed by atoms with Gasteiger partial charge in [0.05, 0.1) is 12.6 Å². The summed E-state index contributed by atoms with van der Waals surface area (Å²) >= 11 is 6.07. The highest BCUT2D eigenvalue weighted by molar-refractivity contribution is 6.31. The van der Waals surface area contributed by atoms with Crippen molar-refractivity contribution in [1.82, 2.24) is 0 Å². The number of anilines is 1. The standard InChI is InChI=1S/C15H15ClFNO/c1-10-5-6-11(7-14(10)16)15(9-19)18-13-4-2-3-12(17)8-13/h2-8,15,18-19H,9H2,1H3. The van der Waals surface area contributed by atoms with Crippen molar-refractivity contribution in [1.29, 1.82) is 0 Å². The normalized spacial score (nSPS) is 12.2. The predicted molar refractivity (Wildman–Crippen MR) is 76.0 cm³/mol. The fraction of sp³-hybridized carbons (Fsp3) is 0.200. The van der Waals surface area contributed by atoms with Crippen molar-refractivity contribution in [3.63, 3.8) is 0 Å². The summed E-state index contributed by atoms with van der Waals surface area (Å²) in [6.07, 6.45) is 0. The molecule has 0 fully saturated rings. The molecule has 4 heteroatoms. The van der Waals surface area contributed by atoms with Gasteiger partial charge in [-0.1, -0.05) is 29.8 Å². The molecule has 0 aromatic heterocycles. The van der Waals surface area contributed by atoms with Gasteiger partial charge in [0.15, 0.2) is 0 Å². The van der Waals surface area contributed by atoms with Crippen LogP contribution in [-0.2, 0) is 0 Å². The van der Waals surface area contributed by atoms with E-state index in [1.165, 1.54) is 12.1 Å². The molecular formula is C15H15ClFNO. The summed E-state index contributed by atoms with van der Waals surface area (Å²) in [5, 5.41) is 13.2. The van der Waals surface area contributed by atoms with Gasteiger partial charge in [-0.2, -0.15) is 0 Å². The fourth-order valence-corrected chi connectivity index (χ4v) is 2.03. The van der Waals surface area contributed by atoms with E-state index in [1.54, 1.807) is 12.1 Å². The molecule has 2 N–H and O–H groups in total. The average molecular weight is 280 g/mol. The maximum atomic E-state index is 13.1. The lowest BCUT2D eigenvalue weighted by molar-refractivity contribution is 0.276. The van der Waals surface area contributed by atoms with Crippen molar-refractivity contribution in [3.8, 4) is 0 Å². The molecule has 100 valence electrons. The van der Waals surface area contributed by atoms with Crippen molar-refractivity contribution in [2.24, 2.45) is 0 Å². The third-order valence-electron chi connectivity index (χ3n) is 2.95. The third-order valence-corrected chi connectivity index (χ3v) is 3.35. The van der Waals surface area contributed by atoms with Crippen molar-refractivity contribution in [3.05, 3.63) is 64.4 Å². The summed E-state index contributed by atoms with van der Waals surface area (Å²) in [6.45, 7) is 1.82. The van der Waals surface area contributed by atoms with Crippen LogP contribution in [0.25, 0.3) is 0 Å². The summed E-state index contributed by atoms with van der Waals surface area (Å²) in [5.74, 6) is -0.316. The van der Waals surface area contributed by atoms with Crippen LogP contribution in [0.4, 0.5) is 10.1 Å². The second-order valence-corrected chi connectivity index (χ2v) is 4.81. The van der Waals surface area contributed by atoms with E-state index in [-0.39, 0.29) is 18.5 Å². The molecule has 2 aromatic rings. The van der Waals surface area contributed by atoms with Gasteiger partial charge < -0.3 is 10.4 Å². The van der Waals surface area contributed by atoms with Gasteiger partial charge in [0.2, 0.25) is 0 Å². The van der Waals surface area contributed by atoms with Gasteiger partial charge in [0.25, 0.3) is 0 Å². The third kappa shape index (κ3) is 3.46. The minimum Gasteiger partial charge on any atom is -0.394 e. The molecule has 0 saturated carbocycles. The molecule has 2 nitrogen and oxygen atoms in total.